The van der Waals surface area contributed by atoms with E-state index in [2.05, 4.69) is 22.4 Å². The van der Waals surface area contributed by atoms with Crippen LogP contribution in [0.25, 0.3) is 0 Å². The van der Waals surface area contributed by atoms with Gasteiger partial charge in [0, 0.05) is 31.2 Å². The molecule has 0 amide bonds. The molecular weight excluding hydrogens is 264 g/mol. The van der Waals surface area contributed by atoms with Crippen LogP contribution in [0.3, 0.4) is 0 Å². The molecule has 1 aromatic rings. The van der Waals surface area contributed by atoms with Gasteiger partial charge in [0.25, 0.3) is 10.0 Å². The first-order valence-electron chi connectivity index (χ1n) is 6.83. The summed E-state index contributed by atoms with van der Waals surface area (Å²) >= 11 is 0. The van der Waals surface area contributed by atoms with Gasteiger partial charge in [0.1, 0.15) is 0 Å². The lowest BCUT2D eigenvalue weighted by Gasteiger charge is -2.15. The molecule has 1 saturated carbocycles. The number of hydrogen-bond donors (Lipinski definition) is 2. The van der Waals surface area contributed by atoms with Gasteiger partial charge in [-0.3, -0.25) is 5.10 Å². The lowest BCUT2D eigenvalue weighted by Crippen LogP contribution is -2.30. The van der Waals surface area contributed by atoms with Crippen LogP contribution in [-0.2, 0) is 16.6 Å². The Bertz CT molecular complexity index is 550. The maximum Gasteiger partial charge on any atom is 0.260 e. The van der Waals surface area contributed by atoms with E-state index < -0.39 is 10.0 Å². The molecule has 7 heteroatoms. The van der Waals surface area contributed by atoms with E-state index >= 15 is 0 Å². The summed E-state index contributed by atoms with van der Waals surface area (Å²) in [5.41, 5.74) is 0.742. The van der Waals surface area contributed by atoms with Crippen molar-refractivity contribution in [3.8, 4) is 0 Å². The number of hydrogen-bond acceptors (Lipinski definition) is 4. The van der Waals surface area contributed by atoms with Crippen LogP contribution >= 0.6 is 0 Å². The molecule has 1 atom stereocenters. The van der Waals surface area contributed by atoms with Crippen LogP contribution in [0, 0.1) is 5.92 Å². The standard InChI is InChI=1S/C12H20N4O2S/c1-9-4-5-16(8-9)19(17,18)12-10(7-14-15-12)6-13-11-2-3-11/h7,9,11,13H,2-6,8H2,1H3,(H,14,15). The fourth-order valence-corrected chi connectivity index (χ4v) is 4.11. The first kappa shape index (κ1) is 13.1. The van der Waals surface area contributed by atoms with Crippen molar-refractivity contribution in [2.45, 2.75) is 43.8 Å². The zero-order valence-electron chi connectivity index (χ0n) is 11.1. The van der Waals surface area contributed by atoms with Gasteiger partial charge in [-0.25, -0.2) is 8.42 Å². The molecule has 6 nitrogen and oxygen atoms in total. The van der Waals surface area contributed by atoms with Crippen LogP contribution in [0.15, 0.2) is 11.2 Å². The Labute approximate surface area is 113 Å². The van der Waals surface area contributed by atoms with E-state index in [0.29, 0.717) is 31.6 Å². The zero-order chi connectivity index (χ0) is 13.5. The molecule has 2 aliphatic rings. The molecule has 106 valence electrons. The van der Waals surface area contributed by atoms with Gasteiger partial charge in [0.2, 0.25) is 0 Å². The number of nitrogens with zero attached hydrogens (tertiary/aromatic N) is 2. The highest BCUT2D eigenvalue weighted by molar-refractivity contribution is 7.89. The normalized spacial score (nSPS) is 25.0. The van der Waals surface area contributed by atoms with Crippen LogP contribution < -0.4 is 5.32 Å². The summed E-state index contributed by atoms with van der Waals surface area (Å²) in [5.74, 6) is 0.436. The van der Waals surface area contributed by atoms with Gasteiger partial charge in [-0.05, 0) is 25.2 Å². The van der Waals surface area contributed by atoms with Crippen molar-refractivity contribution < 1.29 is 8.42 Å². The maximum atomic E-state index is 12.5. The summed E-state index contributed by atoms with van der Waals surface area (Å²) in [6, 6.07) is 0.553. The Morgan fingerprint density at radius 2 is 2.26 bits per heavy atom. The summed E-state index contributed by atoms with van der Waals surface area (Å²) < 4.78 is 26.7. The molecule has 1 aliphatic carbocycles. The zero-order valence-corrected chi connectivity index (χ0v) is 11.9. The molecule has 2 heterocycles. The van der Waals surface area contributed by atoms with Gasteiger partial charge in [-0.15, -0.1) is 0 Å². The highest BCUT2D eigenvalue weighted by Crippen LogP contribution is 2.25. The highest BCUT2D eigenvalue weighted by atomic mass is 32.2. The number of aromatic amines is 1. The molecule has 0 radical (unpaired) electrons. The molecule has 2 N–H and O–H groups in total. The quantitative estimate of drug-likeness (QED) is 0.834. The van der Waals surface area contributed by atoms with Gasteiger partial charge >= 0.3 is 0 Å². The molecule has 2 fully saturated rings. The van der Waals surface area contributed by atoms with Crippen LogP contribution in [0.2, 0.25) is 0 Å². The fourth-order valence-electron chi connectivity index (χ4n) is 2.43. The van der Waals surface area contributed by atoms with Gasteiger partial charge in [0.05, 0.1) is 6.20 Å². The summed E-state index contributed by atoms with van der Waals surface area (Å²) in [6.07, 6.45) is 4.91. The minimum absolute atomic E-state index is 0.259. The molecular formula is C12H20N4O2S. The summed E-state index contributed by atoms with van der Waals surface area (Å²) in [4.78, 5) is 0. The van der Waals surface area contributed by atoms with E-state index in [-0.39, 0.29) is 5.03 Å². The molecule has 0 bridgehead atoms. The van der Waals surface area contributed by atoms with Gasteiger partial charge < -0.3 is 5.32 Å². The van der Waals surface area contributed by atoms with E-state index in [0.717, 1.165) is 12.0 Å². The van der Waals surface area contributed by atoms with Crippen molar-refractivity contribution in [3.05, 3.63) is 11.8 Å². The molecule has 1 aromatic heterocycles. The average Bonchev–Trinajstić information content (AvgIpc) is 2.88. The lowest BCUT2D eigenvalue weighted by atomic mass is 10.2. The number of H-pyrrole nitrogens is 1. The van der Waals surface area contributed by atoms with E-state index in [1.165, 1.54) is 12.8 Å². The van der Waals surface area contributed by atoms with Crippen LogP contribution in [0.4, 0.5) is 0 Å². The largest absolute Gasteiger partial charge is 0.310 e. The van der Waals surface area contributed by atoms with E-state index in [4.69, 9.17) is 0 Å². The lowest BCUT2D eigenvalue weighted by molar-refractivity contribution is 0.460. The number of nitrogens with one attached hydrogen (secondary N) is 2. The molecule has 0 aromatic carbocycles. The third-order valence-corrected chi connectivity index (χ3v) is 5.70. The predicted molar refractivity (Wildman–Crippen MR) is 71.0 cm³/mol. The summed E-state index contributed by atoms with van der Waals surface area (Å²) in [7, 11) is -3.41. The smallest absolute Gasteiger partial charge is 0.260 e. The molecule has 3 rings (SSSR count). The third-order valence-electron chi connectivity index (χ3n) is 3.82. The Kier molecular flexibility index (Phi) is 3.36. The molecule has 1 unspecified atom stereocenters. The summed E-state index contributed by atoms with van der Waals surface area (Å²) in [6.45, 7) is 3.87. The first-order chi connectivity index (χ1) is 9.07. The van der Waals surface area contributed by atoms with E-state index in [1.807, 2.05) is 0 Å². The number of rotatable bonds is 5. The number of sulfonamides is 1. The SMILES string of the molecule is CC1CCN(S(=O)(=O)c2[nH]ncc2CNC2CC2)C1. The maximum absolute atomic E-state index is 12.5. The second-order valence-corrected chi connectivity index (χ2v) is 7.51. The topological polar surface area (TPSA) is 78.1 Å². The Balaban J connectivity index is 1.78. The highest BCUT2D eigenvalue weighted by Gasteiger charge is 2.33. The average molecular weight is 284 g/mol. The van der Waals surface area contributed by atoms with Crippen molar-refractivity contribution in [2.24, 2.45) is 5.92 Å². The van der Waals surface area contributed by atoms with Crippen molar-refractivity contribution in [2.75, 3.05) is 13.1 Å². The number of aromatic nitrogens is 2. The van der Waals surface area contributed by atoms with Gasteiger partial charge in [-0.2, -0.15) is 9.40 Å². The first-order valence-corrected chi connectivity index (χ1v) is 8.27. The predicted octanol–water partition coefficient (Wildman–Crippen LogP) is 0.692. The van der Waals surface area contributed by atoms with Crippen molar-refractivity contribution >= 4 is 10.0 Å². The van der Waals surface area contributed by atoms with Crippen molar-refractivity contribution in [1.82, 2.24) is 19.8 Å². The Morgan fingerprint density at radius 3 is 2.89 bits per heavy atom. The molecule has 19 heavy (non-hydrogen) atoms. The minimum Gasteiger partial charge on any atom is -0.310 e. The van der Waals surface area contributed by atoms with Crippen molar-refractivity contribution in [3.63, 3.8) is 0 Å². The Morgan fingerprint density at radius 1 is 1.47 bits per heavy atom. The summed E-state index contributed by atoms with van der Waals surface area (Å²) in [5, 5.41) is 10.2. The van der Waals surface area contributed by atoms with Crippen LogP contribution in [0.1, 0.15) is 31.7 Å². The van der Waals surface area contributed by atoms with Gasteiger partial charge in [-0.1, -0.05) is 6.92 Å². The monoisotopic (exact) mass is 284 g/mol. The second-order valence-electron chi connectivity index (χ2n) is 5.64. The molecule has 1 saturated heterocycles. The molecule has 0 spiro atoms. The van der Waals surface area contributed by atoms with Crippen LogP contribution in [-0.4, -0.2) is 42.1 Å². The third kappa shape index (κ3) is 2.68. The fraction of sp³-hybridized carbons (Fsp3) is 0.750. The van der Waals surface area contributed by atoms with Gasteiger partial charge in [0.15, 0.2) is 5.03 Å². The van der Waals surface area contributed by atoms with E-state index in [9.17, 15) is 8.42 Å². The van der Waals surface area contributed by atoms with E-state index in [1.54, 1.807) is 10.5 Å². The molecule has 1 aliphatic heterocycles. The van der Waals surface area contributed by atoms with Crippen molar-refractivity contribution in [1.29, 1.82) is 0 Å². The minimum atomic E-state index is -3.41. The Hall–Kier alpha value is -0.920. The second kappa shape index (κ2) is 4.88. The van der Waals surface area contributed by atoms with Crippen LogP contribution in [0.5, 0.6) is 0 Å².